The van der Waals surface area contributed by atoms with E-state index in [1.807, 2.05) is 6.07 Å². The number of rotatable bonds is 7. The summed E-state index contributed by atoms with van der Waals surface area (Å²) in [6.07, 6.45) is 2.42. The Balaban J connectivity index is 1.99. The lowest BCUT2D eigenvalue weighted by atomic mass is 10.1. The minimum atomic E-state index is -0.800. The molecule has 0 atom stereocenters. The van der Waals surface area contributed by atoms with Gasteiger partial charge in [0.1, 0.15) is 5.82 Å². The van der Waals surface area contributed by atoms with Gasteiger partial charge in [-0.05, 0) is 24.6 Å². The summed E-state index contributed by atoms with van der Waals surface area (Å²) in [7, 11) is 0. The normalized spacial score (nSPS) is 10.9. The number of aromatic amines is 1. The number of hydrogen-bond acceptors (Lipinski definition) is 6. The first-order valence-corrected chi connectivity index (χ1v) is 9.73. The van der Waals surface area contributed by atoms with Crippen molar-refractivity contribution in [2.24, 2.45) is 0 Å². The minimum Gasteiger partial charge on any atom is -0.383 e. The minimum absolute atomic E-state index is 0.0802. The van der Waals surface area contributed by atoms with E-state index in [0.717, 1.165) is 16.5 Å². The quantitative estimate of drug-likeness (QED) is 0.330. The van der Waals surface area contributed by atoms with Crippen molar-refractivity contribution in [2.75, 3.05) is 17.2 Å². The molecule has 3 aromatic rings. The summed E-state index contributed by atoms with van der Waals surface area (Å²) >= 11 is 0. The number of nitrogens with zero attached hydrogens (tertiary/aromatic N) is 3. The van der Waals surface area contributed by atoms with E-state index < -0.39 is 22.1 Å². The average molecular weight is 435 g/mol. The molecule has 0 spiro atoms. The van der Waals surface area contributed by atoms with Gasteiger partial charge in [-0.1, -0.05) is 42.5 Å². The molecule has 0 bridgehead atoms. The van der Waals surface area contributed by atoms with Crippen molar-refractivity contribution >= 4 is 29.2 Å². The highest BCUT2D eigenvalue weighted by Gasteiger charge is 2.22. The lowest BCUT2D eigenvalue weighted by Gasteiger charge is -2.22. The Kier molecular flexibility index (Phi) is 6.64. The molecule has 0 aliphatic rings. The molecule has 3 N–H and O–H groups in total. The van der Waals surface area contributed by atoms with E-state index in [4.69, 9.17) is 5.73 Å². The standard InChI is InChI=1S/C22H21N5O5/c1-2-25(18(28)13-12-16-10-6-7-11-17(16)27(31)32)19-20(23)26(22(30)24-21(19)29)14-15-8-4-3-5-9-15/h3-13H,2,14,23H2,1H3,(H,24,29,30)/b13-12+. The van der Waals surface area contributed by atoms with E-state index in [1.54, 1.807) is 37.3 Å². The number of aromatic nitrogens is 2. The maximum absolute atomic E-state index is 12.9. The number of carbonyl (C=O) groups excluding carboxylic acids is 1. The first-order chi connectivity index (χ1) is 15.3. The number of carbonyl (C=O) groups is 1. The number of hydrogen-bond donors (Lipinski definition) is 2. The molecule has 3 rings (SSSR count). The summed E-state index contributed by atoms with van der Waals surface area (Å²) in [5.74, 6) is -0.773. The average Bonchev–Trinajstić information content (AvgIpc) is 2.78. The van der Waals surface area contributed by atoms with Gasteiger partial charge in [0.2, 0.25) is 0 Å². The Morgan fingerprint density at radius 2 is 1.81 bits per heavy atom. The number of anilines is 2. The topological polar surface area (TPSA) is 144 Å². The highest BCUT2D eigenvalue weighted by molar-refractivity contribution is 6.05. The van der Waals surface area contributed by atoms with E-state index in [2.05, 4.69) is 4.98 Å². The number of nitrogen functional groups attached to an aromatic ring is 1. The third-order valence-electron chi connectivity index (χ3n) is 4.79. The molecule has 32 heavy (non-hydrogen) atoms. The first kappa shape index (κ1) is 22.2. The number of H-pyrrole nitrogens is 1. The Hall–Kier alpha value is -4.47. The fourth-order valence-corrected chi connectivity index (χ4v) is 3.23. The second kappa shape index (κ2) is 9.56. The number of nitro groups is 1. The van der Waals surface area contributed by atoms with E-state index in [9.17, 15) is 24.5 Å². The summed E-state index contributed by atoms with van der Waals surface area (Å²) in [6, 6.07) is 15.0. The van der Waals surface area contributed by atoms with Crippen molar-refractivity contribution in [3.8, 4) is 0 Å². The van der Waals surface area contributed by atoms with Gasteiger partial charge >= 0.3 is 5.69 Å². The fraction of sp³-hybridized carbons (Fsp3) is 0.136. The van der Waals surface area contributed by atoms with Gasteiger partial charge in [0.15, 0.2) is 5.69 Å². The maximum atomic E-state index is 12.9. The van der Waals surface area contributed by atoms with Gasteiger partial charge in [0, 0.05) is 18.7 Å². The predicted molar refractivity (Wildman–Crippen MR) is 121 cm³/mol. The molecule has 2 aromatic carbocycles. The predicted octanol–water partition coefficient (Wildman–Crippen LogP) is 2.14. The van der Waals surface area contributed by atoms with Gasteiger partial charge in [-0.3, -0.25) is 29.3 Å². The first-order valence-electron chi connectivity index (χ1n) is 9.73. The smallest absolute Gasteiger partial charge is 0.330 e. The SMILES string of the molecule is CCN(C(=O)/C=C/c1ccccc1[N+](=O)[O-])c1c(N)n(Cc2ccccc2)c(=O)[nH]c1=O. The van der Waals surface area contributed by atoms with Gasteiger partial charge in [0.25, 0.3) is 17.2 Å². The Morgan fingerprint density at radius 1 is 1.16 bits per heavy atom. The molecule has 1 heterocycles. The summed E-state index contributed by atoms with van der Waals surface area (Å²) in [6.45, 7) is 1.83. The van der Waals surface area contributed by atoms with Crippen LogP contribution in [0.3, 0.4) is 0 Å². The van der Waals surface area contributed by atoms with Gasteiger partial charge in [-0.25, -0.2) is 4.79 Å². The Bertz CT molecular complexity index is 1290. The van der Waals surface area contributed by atoms with Crippen LogP contribution in [-0.4, -0.2) is 26.9 Å². The van der Waals surface area contributed by atoms with Crippen molar-refractivity contribution < 1.29 is 9.72 Å². The Labute approximate surface area is 182 Å². The molecule has 10 nitrogen and oxygen atoms in total. The maximum Gasteiger partial charge on any atom is 0.330 e. The third-order valence-corrected chi connectivity index (χ3v) is 4.79. The molecule has 164 valence electrons. The highest BCUT2D eigenvalue weighted by Crippen LogP contribution is 2.21. The monoisotopic (exact) mass is 435 g/mol. The number of nitrogens with two attached hydrogens (primary N) is 1. The van der Waals surface area contributed by atoms with Gasteiger partial charge in [-0.15, -0.1) is 0 Å². The van der Waals surface area contributed by atoms with Crippen LogP contribution in [0.15, 0.2) is 70.3 Å². The highest BCUT2D eigenvalue weighted by atomic mass is 16.6. The zero-order valence-corrected chi connectivity index (χ0v) is 17.2. The molecule has 0 unspecified atom stereocenters. The van der Waals surface area contributed by atoms with E-state index in [-0.39, 0.29) is 35.8 Å². The Morgan fingerprint density at radius 3 is 2.47 bits per heavy atom. The molecule has 1 amide bonds. The van der Waals surface area contributed by atoms with Crippen molar-refractivity contribution in [3.63, 3.8) is 0 Å². The summed E-state index contributed by atoms with van der Waals surface area (Å²) < 4.78 is 1.17. The lowest BCUT2D eigenvalue weighted by molar-refractivity contribution is -0.385. The van der Waals surface area contributed by atoms with Gasteiger partial charge in [-0.2, -0.15) is 0 Å². The van der Waals surface area contributed by atoms with Crippen LogP contribution in [-0.2, 0) is 11.3 Å². The van der Waals surface area contributed by atoms with Crippen LogP contribution >= 0.6 is 0 Å². The number of nitro benzene ring substituents is 1. The van der Waals surface area contributed by atoms with Crippen LogP contribution < -0.4 is 21.9 Å². The molecular weight excluding hydrogens is 414 g/mol. The van der Waals surface area contributed by atoms with Crippen LogP contribution in [0.25, 0.3) is 6.08 Å². The summed E-state index contributed by atoms with van der Waals surface area (Å²) in [4.78, 5) is 51.7. The molecule has 1 aromatic heterocycles. The van der Waals surface area contributed by atoms with Crippen LogP contribution in [0.5, 0.6) is 0 Å². The zero-order valence-electron chi connectivity index (χ0n) is 17.2. The van der Waals surface area contributed by atoms with Crippen molar-refractivity contribution in [2.45, 2.75) is 13.5 Å². The molecule has 0 aliphatic carbocycles. The van der Waals surface area contributed by atoms with Crippen LogP contribution in [0.4, 0.5) is 17.2 Å². The fourth-order valence-electron chi connectivity index (χ4n) is 3.23. The second-order valence-electron chi connectivity index (χ2n) is 6.80. The molecule has 10 heteroatoms. The molecule has 0 saturated heterocycles. The van der Waals surface area contributed by atoms with Gasteiger partial charge in [0.05, 0.1) is 17.0 Å². The molecular formula is C22H21N5O5. The molecule has 0 fully saturated rings. The molecule has 0 saturated carbocycles. The van der Waals surface area contributed by atoms with Crippen molar-refractivity contribution in [1.82, 2.24) is 9.55 Å². The van der Waals surface area contributed by atoms with E-state index in [1.165, 1.54) is 28.8 Å². The molecule has 0 aliphatic heterocycles. The second-order valence-corrected chi connectivity index (χ2v) is 6.80. The van der Waals surface area contributed by atoms with Crippen molar-refractivity contribution in [3.05, 3.63) is 103 Å². The van der Waals surface area contributed by atoms with Crippen LogP contribution in [0.1, 0.15) is 18.1 Å². The van der Waals surface area contributed by atoms with E-state index >= 15 is 0 Å². The summed E-state index contributed by atoms with van der Waals surface area (Å²) in [5.41, 5.74) is 5.35. The lowest BCUT2D eigenvalue weighted by Crippen LogP contribution is -2.40. The third kappa shape index (κ3) is 4.64. The largest absolute Gasteiger partial charge is 0.383 e. The van der Waals surface area contributed by atoms with Crippen LogP contribution in [0, 0.1) is 10.1 Å². The zero-order chi connectivity index (χ0) is 23.3. The number of likely N-dealkylation sites (N-methyl/N-ethyl adjacent to an activating group) is 1. The van der Waals surface area contributed by atoms with Crippen LogP contribution in [0.2, 0.25) is 0 Å². The summed E-state index contributed by atoms with van der Waals surface area (Å²) in [5, 5.41) is 11.2. The number of benzene rings is 2. The number of amides is 1. The van der Waals surface area contributed by atoms with E-state index in [0.29, 0.717) is 0 Å². The molecule has 0 radical (unpaired) electrons. The van der Waals surface area contributed by atoms with Gasteiger partial charge < -0.3 is 10.6 Å². The van der Waals surface area contributed by atoms with Crippen molar-refractivity contribution in [1.29, 1.82) is 0 Å². The number of para-hydroxylation sites is 1. The number of nitrogens with one attached hydrogen (secondary N) is 1.